The Morgan fingerprint density at radius 1 is 1.00 bits per heavy atom. The van der Waals surface area contributed by atoms with E-state index < -0.39 is 12.1 Å². The first-order valence-electron chi connectivity index (χ1n) is 11.5. The summed E-state index contributed by atoms with van der Waals surface area (Å²) in [6.45, 7) is 5.98. The highest BCUT2D eigenvalue weighted by molar-refractivity contribution is 5.94. The number of para-hydroxylation sites is 1. The average Bonchev–Trinajstić information content (AvgIpc) is 2.83. The lowest BCUT2D eigenvalue weighted by Gasteiger charge is -2.39. The molecule has 0 unspecified atom stereocenters. The number of nitrogens with one attached hydrogen (secondary N) is 1. The lowest BCUT2D eigenvalue weighted by atomic mass is 9.87. The number of rotatable bonds is 6. The van der Waals surface area contributed by atoms with Gasteiger partial charge in [0.15, 0.2) is 6.10 Å². The maximum absolute atomic E-state index is 14.1. The lowest BCUT2D eigenvalue weighted by molar-refractivity contribution is -0.136. The zero-order chi connectivity index (χ0) is 24.2. The van der Waals surface area contributed by atoms with Crippen LogP contribution in [0.4, 0.5) is 10.1 Å². The van der Waals surface area contributed by atoms with Gasteiger partial charge in [0, 0.05) is 18.2 Å². The van der Waals surface area contributed by atoms with E-state index in [-0.39, 0.29) is 23.5 Å². The topological polar surface area (TPSA) is 58.6 Å². The molecule has 0 aliphatic carbocycles. The number of ether oxygens (including phenoxy) is 1. The smallest absolute Gasteiger partial charge is 0.265 e. The van der Waals surface area contributed by atoms with E-state index in [4.69, 9.17) is 4.74 Å². The van der Waals surface area contributed by atoms with Crippen molar-refractivity contribution >= 4 is 17.5 Å². The second-order valence-electron chi connectivity index (χ2n) is 8.87. The summed E-state index contributed by atoms with van der Waals surface area (Å²) in [6.07, 6.45) is -0.0351. The van der Waals surface area contributed by atoms with Crippen LogP contribution in [0.3, 0.4) is 0 Å². The molecule has 1 aliphatic heterocycles. The molecule has 176 valence electrons. The standard InChI is InChI=1S/C28H29FN2O3/c1-18(2)28(33)31-15-14-20-12-13-24(17-25(20)26(31)21-8-7-9-22(29)16-21)34-19(3)27(32)30-23-10-5-4-6-11-23/h4-13,16-19,26H,14-15H2,1-3H3,(H,30,32)/t19-,26-/m0/s1. The van der Waals surface area contributed by atoms with Crippen molar-refractivity contribution in [1.29, 1.82) is 0 Å². The van der Waals surface area contributed by atoms with Gasteiger partial charge in [-0.1, -0.05) is 50.2 Å². The summed E-state index contributed by atoms with van der Waals surface area (Å²) in [6, 6.07) is 20.8. The molecule has 0 saturated carbocycles. The highest BCUT2D eigenvalue weighted by atomic mass is 19.1. The largest absolute Gasteiger partial charge is 0.481 e. The van der Waals surface area contributed by atoms with Crippen LogP contribution in [0.25, 0.3) is 0 Å². The Hall–Kier alpha value is -3.67. The first kappa shape index (κ1) is 23.5. The van der Waals surface area contributed by atoms with Gasteiger partial charge in [-0.15, -0.1) is 0 Å². The average molecular weight is 461 g/mol. The van der Waals surface area contributed by atoms with Crippen molar-refractivity contribution in [1.82, 2.24) is 4.90 Å². The Labute approximate surface area is 199 Å². The molecule has 0 spiro atoms. The van der Waals surface area contributed by atoms with E-state index in [2.05, 4.69) is 5.32 Å². The van der Waals surface area contributed by atoms with Crippen molar-refractivity contribution in [2.75, 3.05) is 11.9 Å². The normalized spacial score (nSPS) is 16.0. The minimum absolute atomic E-state index is 0.0156. The third-order valence-electron chi connectivity index (χ3n) is 6.01. The quantitative estimate of drug-likeness (QED) is 0.539. The molecule has 0 radical (unpaired) electrons. The van der Waals surface area contributed by atoms with Crippen LogP contribution < -0.4 is 10.1 Å². The summed E-state index contributed by atoms with van der Waals surface area (Å²) in [4.78, 5) is 27.5. The van der Waals surface area contributed by atoms with Crippen LogP contribution in [0, 0.1) is 11.7 Å². The van der Waals surface area contributed by atoms with E-state index in [1.165, 1.54) is 12.1 Å². The first-order valence-corrected chi connectivity index (χ1v) is 11.5. The Kier molecular flexibility index (Phi) is 6.96. The fourth-order valence-corrected chi connectivity index (χ4v) is 4.29. The Bertz CT molecular complexity index is 1180. The molecule has 3 aromatic carbocycles. The number of nitrogens with zero attached hydrogens (tertiary/aromatic N) is 1. The highest BCUT2D eigenvalue weighted by Gasteiger charge is 2.33. The summed E-state index contributed by atoms with van der Waals surface area (Å²) in [5.74, 6) is -0.252. The second kappa shape index (κ2) is 10.1. The molecule has 2 amide bonds. The zero-order valence-electron chi connectivity index (χ0n) is 19.6. The summed E-state index contributed by atoms with van der Waals surface area (Å²) in [7, 11) is 0. The summed E-state index contributed by atoms with van der Waals surface area (Å²) < 4.78 is 20.1. The Morgan fingerprint density at radius 2 is 1.76 bits per heavy atom. The number of hydrogen-bond donors (Lipinski definition) is 1. The molecule has 0 fully saturated rings. The maximum atomic E-state index is 14.1. The molecule has 34 heavy (non-hydrogen) atoms. The van der Waals surface area contributed by atoms with Gasteiger partial charge < -0.3 is 15.0 Å². The molecular formula is C28H29FN2O3. The molecule has 5 nitrogen and oxygen atoms in total. The second-order valence-corrected chi connectivity index (χ2v) is 8.87. The van der Waals surface area contributed by atoms with E-state index >= 15 is 0 Å². The van der Waals surface area contributed by atoms with E-state index in [0.29, 0.717) is 30.0 Å². The van der Waals surface area contributed by atoms with Crippen molar-refractivity contribution in [3.8, 4) is 5.75 Å². The molecule has 2 atom stereocenters. The molecule has 0 aromatic heterocycles. The SMILES string of the molecule is CC(C)C(=O)N1CCc2ccc(O[C@@H](C)C(=O)Nc3ccccc3)cc2[C@@H]1c1cccc(F)c1. The minimum atomic E-state index is -0.733. The molecule has 4 rings (SSSR count). The van der Waals surface area contributed by atoms with Gasteiger partial charge in [-0.3, -0.25) is 9.59 Å². The summed E-state index contributed by atoms with van der Waals surface area (Å²) in [5.41, 5.74) is 3.37. The number of anilines is 1. The lowest BCUT2D eigenvalue weighted by Crippen LogP contribution is -2.42. The van der Waals surface area contributed by atoms with Gasteiger partial charge in [0.25, 0.3) is 5.91 Å². The van der Waals surface area contributed by atoms with Crippen molar-refractivity contribution < 1.29 is 18.7 Å². The first-order chi connectivity index (χ1) is 16.3. The Morgan fingerprint density at radius 3 is 2.47 bits per heavy atom. The minimum Gasteiger partial charge on any atom is -0.481 e. The molecule has 3 aromatic rings. The molecule has 0 bridgehead atoms. The number of carbonyl (C=O) groups is 2. The predicted octanol–water partition coefficient (Wildman–Crippen LogP) is 5.36. The van der Waals surface area contributed by atoms with Gasteiger partial charge in [-0.05, 0) is 66.4 Å². The van der Waals surface area contributed by atoms with Gasteiger partial charge in [-0.25, -0.2) is 4.39 Å². The molecule has 1 aliphatic rings. The Balaban J connectivity index is 1.63. The van der Waals surface area contributed by atoms with Crippen LogP contribution >= 0.6 is 0 Å². The number of fused-ring (bicyclic) bond motifs is 1. The molecular weight excluding hydrogens is 431 g/mol. The third-order valence-corrected chi connectivity index (χ3v) is 6.01. The van der Waals surface area contributed by atoms with Crippen molar-refractivity contribution in [2.24, 2.45) is 5.92 Å². The number of amides is 2. The summed E-state index contributed by atoms with van der Waals surface area (Å²) in [5, 5.41) is 2.84. The van der Waals surface area contributed by atoms with Crippen LogP contribution in [0.1, 0.15) is 43.5 Å². The van der Waals surface area contributed by atoms with Gasteiger partial charge in [0.2, 0.25) is 5.91 Å². The zero-order valence-corrected chi connectivity index (χ0v) is 19.6. The van der Waals surface area contributed by atoms with Crippen LogP contribution in [0.5, 0.6) is 5.75 Å². The number of halogens is 1. The molecule has 0 saturated heterocycles. The predicted molar refractivity (Wildman–Crippen MR) is 130 cm³/mol. The van der Waals surface area contributed by atoms with Crippen LogP contribution in [-0.4, -0.2) is 29.4 Å². The maximum Gasteiger partial charge on any atom is 0.265 e. The van der Waals surface area contributed by atoms with Crippen molar-refractivity contribution in [3.63, 3.8) is 0 Å². The van der Waals surface area contributed by atoms with Crippen LogP contribution in [0.2, 0.25) is 0 Å². The van der Waals surface area contributed by atoms with Gasteiger partial charge in [-0.2, -0.15) is 0 Å². The van der Waals surface area contributed by atoms with Crippen LogP contribution in [-0.2, 0) is 16.0 Å². The van der Waals surface area contributed by atoms with E-state index in [1.807, 2.05) is 73.3 Å². The van der Waals surface area contributed by atoms with Crippen molar-refractivity contribution in [3.05, 3.63) is 95.3 Å². The van der Waals surface area contributed by atoms with E-state index in [1.54, 1.807) is 13.0 Å². The molecule has 1 heterocycles. The number of hydrogen-bond acceptors (Lipinski definition) is 3. The van der Waals surface area contributed by atoms with E-state index in [9.17, 15) is 14.0 Å². The molecule has 1 N–H and O–H groups in total. The van der Waals surface area contributed by atoms with Gasteiger partial charge in [0.05, 0.1) is 6.04 Å². The fraction of sp³-hybridized carbons (Fsp3) is 0.286. The monoisotopic (exact) mass is 460 g/mol. The number of benzene rings is 3. The highest BCUT2D eigenvalue weighted by Crippen LogP contribution is 2.38. The third kappa shape index (κ3) is 5.11. The van der Waals surface area contributed by atoms with E-state index in [0.717, 1.165) is 11.1 Å². The molecule has 6 heteroatoms. The summed E-state index contributed by atoms with van der Waals surface area (Å²) >= 11 is 0. The fourth-order valence-electron chi connectivity index (χ4n) is 4.29. The number of carbonyl (C=O) groups excluding carboxylic acids is 2. The van der Waals surface area contributed by atoms with Gasteiger partial charge >= 0.3 is 0 Å². The van der Waals surface area contributed by atoms with Crippen molar-refractivity contribution in [2.45, 2.75) is 39.3 Å². The van der Waals surface area contributed by atoms with Gasteiger partial charge in [0.1, 0.15) is 11.6 Å². The van der Waals surface area contributed by atoms with Crippen LogP contribution in [0.15, 0.2) is 72.8 Å².